The second kappa shape index (κ2) is 8.35. The number of rotatable bonds is 7. The molecule has 0 aliphatic carbocycles. The van der Waals surface area contributed by atoms with Crippen LogP contribution in [-0.4, -0.2) is 40.0 Å². The molecule has 0 saturated carbocycles. The van der Waals surface area contributed by atoms with Crippen molar-refractivity contribution in [1.29, 1.82) is 0 Å². The van der Waals surface area contributed by atoms with Gasteiger partial charge in [-0.15, -0.1) is 5.10 Å². The fourth-order valence-electron chi connectivity index (χ4n) is 1.93. The molecule has 22 heavy (non-hydrogen) atoms. The number of nitrogens with one attached hydrogen (secondary N) is 2. The number of hydrogen-bond acceptors (Lipinski definition) is 6. The monoisotopic (exact) mass is 312 g/mol. The molecule has 0 radical (unpaired) electrons. The molecule has 1 rings (SSSR count). The molecule has 8 nitrogen and oxygen atoms in total. The number of aromatic nitrogens is 3. The first-order valence-corrected chi connectivity index (χ1v) is 7.40. The third-order valence-corrected chi connectivity index (χ3v) is 2.82. The molecular weight excluding hydrogens is 288 g/mol. The lowest BCUT2D eigenvalue weighted by atomic mass is 10.1. The number of hydrogen-bond donors (Lipinski definition) is 2. The van der Waals surface area contributed by atoms with E-state index in [2.05, 4.69) is 34.3 Å². The summed E-state index contributed by atoms with van der Waals surface area (Å²) in [7, 11) is 0. The maximum Gasteiger partial charge on any atom is 0.407 e. The van der Waals surface area contributed by atoms with E-state index >= 15 is 0 Å². The summed E-state index contributed by atoms with van der Waals surface area (Å²) in [5.74, 6) is 0.135. The fraction of sp³-hybridized carbons (Fsp3) is 0.714. The van der Waals surface area contributed by atoms with Gasteiger partial charge in [-0.2, -0.15) is 0 Å². The number of carbonyl (C=O) groups is 2. The van der Waals surface area contributed by atoms with Gasteiger partial charge in [-0.05, 0) is 33.1 Å². The van der Waals surface area contributed by atoms with Crippen LogP contribution in [0.15, 0.2) is 0 Å². The Morgan fingerprint density at radius 2 is 1.95 bits per heavy atom. The molecule has 2 N–H and O–H groups in total. The lowest BCUT2D eigenvalue weighted by molar-refractivity contribution is 0.0512. The van der Waals surface area contributed by atoms with Gasteiger partial charge in [0.05, 0.1) is 12.6 Å². The number of amides is 1. The van der Waals surface area contributed by atoms with E-state index in [1.807, 2.05) is 6.92 Å². The van der Waals surface area contributed by atoms with Crippen molar-refractivity contribution in [2.45, 2.75) is 53.2 Å². The van der Waals surface area contributed by atoms with Crippen LogP contribution in [0.5, 0.6) is 0 Å². The van der Waals surface area contributed by atoms with Crippen molar-refractivity contribution < 1.29 is 19.1 Å². The molecule has 1 amide bonds. The third kappa shape index (κ3) is 5.71. The molecule has 0 aromatic carbocycles. The Kier molecular flexibility index (Phi) is 6.81. The highest BCUT2D eigenvalue weighted by Gasteiger charge is 2.19. The average molecular weight is 312 g/mol. The Balaban J connectivity index is 2.52. The molecule has 0 aliphatic heterocycles. The standard InChI is InChI=1S/C14H24N4O4/c1-6-21-13(19)12-16-11(17-18-12)10(5)15-14(20)22-9(4)7-8(2)3/h8-10H,6-7H2,1-5H3,(H,15,20)(H,16,17,18). The zero-order chi connectivity index (χ0) is 16.7. The van der Waals surface area contributed by atoms with Gasteiger partial charge in [0.1, 0.15) is 11.9 Å². The Bertz CT molecular complexity index is 501. The Labute approximate surface area is 130 Å². The lowest BCUT2D eigenvalue weighted by Crippen LogP contribution is -2.31. The minimum absolute atomic E-state index is 0.0629. The van der Waals surface area contributed by atoms with Crippen molar-refractivity contribution >= 4 is 12.1 Å². The predicted molar refractivity (Wildman–Crippen MR) is 79.3 cm³/mol. The number of aromatic amines is 1. The van der Waals surface area contributed by atoms with Crippen LogP contribution in [0, 0.1) is 5.92 Å². The van der Waals surface area contributed by atoms with Crippen molar-refractivity contribution in [3.8, 4) is 0 Å². The van der Waals surface area contributed by atoms with Crippen molar-refractivity contribution in [3.05, 3.63) is 11.6 Å². The zero-order valence-corrected chi connectivity index (χ0v) is 13.7. The molecule has 0 fully saturated rings. The van der Waals surface area contributed by atoms with Gasteiger partial charge in [0, 0.05) is 0 Å². The van der Waals surface area contributed by atoms with Gasteiger partial charge < -0.3 is 14.8 Å². The number of H-pyrrole nitrogens is 1. The number of ether oxygens (including phenoxy) is 2. The average Bonchev–Trinajstić information content (AvgIpc) is 2.87. The normalized spacial score (nSPS) is 13.5. The van der Waals surface area contributed by atoms with Crippen LogP contribution in [0.4, 0.5) is 4.79 Å². The second-order valence-corrected chi connectivity index (χ2v) is 5.48. The van der Waals surface area contributed by atoms with Crippen LogP contribution in [0.2, 0.25) is 0 Å². The molecule has 1 aromatic heterocycles. The maximum atomic E-state index is 11.8. The highest BCUT2D eigenvalue weighted by Crippen LogP contribution is 2.10. The van der Waals surface area contributed by atoms with Gasteiger partial charge in [0.15, 0.2) is 0 Å². The van der Waals surface area contributed by atoms with Gasteiger partial charge in [-0.3, -0.25) is 5.10 Å². The molecular formula is C14H24N4O4. The summed E-state index contributed by atoms with van der Waals surface area (Å²) < 4.78 is 10.0. The van der Waals surface area contributed by atoms with Gasteiger partial charge >= 0.3 is 12.1 Å². The predicted octanol–water partition coefficient (Wildman–Crippen LogP) is 2.20. The van der Waals surface area contributed by atoms with E-state index in [9.17, 15) is 9.59 Å². The van der Waals surface area contributed by atoms with Crippen LogP contribution in [-0.2, 0) is 9.47 Å². The van der Waals surface area contributed by atoms with Gasteiger partial charge in [-0.25, -0.2) is 14.6 Å². The van der Waals surface area contributed by atoms with Gasteiger partial charge in [-0.1, -0.05) is 13.8 Å². The van der Waals surface area contributed by atoms with Gasteiger partial charge in [0.25, 0.3) is 5.82 Å². The number of nitrogens with zero attached hydrogens (tertiary/aromatic N) is 2. The summed E-state index contributed by atoms with van der Waals surface area (Å²) >= 11 is 0. The minimum atomic E-state index is -0.606. The molecule has 0 saturated heterocycles. The maximum absolute atomic E-state index is 11.8. The first-order chi connectivity index (χ1) is 10.3. The topological polar surface area (TPSA) is 106 Å². The summed E-state index contributed by atoms with van der Waals surface area (Å²) in [6.45, 7) is 9.62. The van der Waals surface area contributed by atoms with Gasteiger partial charge in [0.2, 0.25) is 0 Å². The highest BCUT2D eigenvalue weighted by atomic mass is 16.6. The Morgan fingerprint density at radius 1 is 1.27 bits per heavy atom. The number of alkyl carbamates (subject to hydrolysis) is 1. The molecule has 2 unspecified atom stereocenters. The summed E-state index contributed by atoms with van der Waals surface area (Å²) in [5.41, 5.74) is 0. The summed E-state index contributed by atoms with van der Waals surface area (Å²) in [5, 5.41) is 9.00. The van der Waals surface area contributed by atoms with Crippen LogP contribution >= 0.6 is 0 Å². The summed E-state index contributed by atoms with van der Waals surface area (Å²) in [6, 6.07) is -0.463. The van der Waals surface area contributed by atoms with E-state index < -0.39 is 18.1 Å². The SMILES string of the molecule is CCOC(=O)c1n[nH]c(C(C)NC(=O)OC(C)CC(C)C)n1. The molecule has 2 atom stereocenters. The van der Waals surface area contributed by atoms with Crippen LogP contribution in [0.1, 0.15) is 63.5 Å². The van der Waals surface area contributed by atoms with Crippen LogP contribution in [0.3, 0.4) is 0 Å². The molecule has 0 bridgehead atoms. The van der Waals surface area contributed by atoms with E-state index in [0.29, 0.717) is 11.7 Å². The van der Waals surface area contributed by atoms with E-state index in [1.165, 1.54) is 0 Å². The summed E-state index contributed by atoms with van der Waals surface area (Å²) in [6.07, 6.45) is 0.0867. The smallest absolute Gasteiger partial charge is 0.407 e. The molecule has 1 heterocycles. The van der Waals surface area contributed by atoms with Crippen molar-refractivity contribution in [2.75, 3.05) is 6.61 Å². The largest absolute Gasteiger partial charge is 0.460 e. The molecule has 8 heteroatoms. The fourth-order valence-corrected chi connectivity index (χ4v) is 1.93. The highest BCUT2D eigenvalue weighted by molar-refractivity contribution is 5.84. The zero-order valence-electron chi connectivity index (χ0n) is 13.7. The molecule has 124 valence electrons. The van der Waals surface area contributed by atoms with Crippen molar-refractivity contribution in [1.82, 2.24) is 20.5 Å². The molecule has 0 spiro atoms. The first kappa shape index (κ1) is 17.9. The minimum Gasteiger partial charge on any atom is -0.460 e. The van der Waals surface area contributed by atoms with E-state index in [4.69, 9.17) is 9.47 Å². The summed E-state index contributed by atoms with van der Waals surface area (Å²) in [4.78, 5) is 27.2. The Morgan fingerprint density at radius 3 is 2.55 bits per heavy atom. The van der Waals surface area contributed by atoms with E-state index in [-0.39, 0.29) is 18.5 Å². The van der Waals surface area contributed by atoms with E-state index in [0.717, 1.165) is 6.42 Å². The molecule has 0 aliphatic rings. The van der Waals surface area contributed by atoms with E-state index in [1.54, 1.807) is 13.8 Å². The lowest BCUT2D eigenvalue weighted by Gasteiger charge is -2.17. The second-order valence-electron chi connectivity index (χ2n) is 5.48. The quantitative estimate of drug-likeness (QED) is 0.748. The van der Waals surface area contributed by atoms with Crippen molar-refractivity contribution in [2.24, 2.45) is 5.92 Å². The Hall–Kier alpha value is -2.12. The van der Waals surface area contributed by atoms with Crippen molar-refractivity contribution in [3.63, 3.8) is 0 Å². The first-order valence-electron chi connectivity index (χ1n) is 7.40. The molecule has 1 aromatic rings. The number of carbonyl (C=O) groups excluding carboxylic acids is 2. The number of esters is 1. The van der Waals surface area contributed by atoms with Crippen LogP contribution < -0.4 is 5.32 Å². The van der Waals surface area contributed by atoms with Crippen LogP contribution in [0.25, 0.3) is 0 Å². The third-order valence-electron chi connectivity index (χ3n) is 2.82.